The molecule has 0 aliphatic rings. The van der Waals surface area contributed by atoms with Gasteiger partial charge in [0.2, 0.25) is 5.95 Å². The molecule has 0 aliphatic carbocycles. The van der Waals surface area contributed by atoms with Gasteiger partial charge in [-0.1, -0.05) is 91.9 Å². The standard InChI is InChI=1S/C26H24N4/c1-3-20-14-16-21(17-15-20)19(2)29-30-26-27-24(22-10-6-4-7-11-22)18-25(28-26)23-12-8-5-9-13-23/h4-18H,3H2,1-2H3,(H,27,28,30)/b29-19-. The molecule has 0 radical (unpaired) electrons. The fourth-order valence-corrected chi connectivity index (χ4v) is 3.19. The van der Waals surface area contributed by atoms with Crippen LogP contribution in [0.3, 0.4) is 0 Å². The molecule has 3 aromatic carbocycles. The molecule has 0 bridgehead atoms. The van der Waals surface area contributed by atoms with Crippen LogP contribution < -0.4 is 5.43 Å². The molecular weight excluding hydrogens is 368 g/mol. The zero-order valence-electron chi connectivity index (χ0n) is 17.2. The van der Waals surface area contributed by atoms with Crippen molar-refractivity contribution in [2.24, 2.45) is 5.10 Å². The van der Waals surface area contributed by atoms with Gasteiger partial charge in [-0.2, -0.15) is 5.10 Å². The van der Waals surface area contributed by atoms with Crippen LogP contribution in [0, 0.1) is 0 Å². The normalized spacial score (nSPS) is 11.3. The first-order valence-corrected chi connectivity index (χ1v) is 10.1. The van der Waals surface area contributed by atoms with E-state index in [4.69, 9.17) is 9.97 Å². The molecule has 1 aromatic heterocycles. The Labute approximate surface area is 177 Å². The summed E-state index contributed by atoms with van der Waals surface area (Å²) in [5.74, 6) is 0.472. The zero-order valence-corrected chi connectivity index (χ0v) is 17.2. The average molecular weight is 393 g/mol. The molecule has 0 aliphatic heterocycles. The van der Waals surface area contributed by atoms with Crippen LogP contribution >= 0.6 is 0 Å². The summed E-state index contributed by atoms with van der Waals surface area (Å²) in [6, 6.07) is 30.7. The van der Waals surface area contributed by atoms with Gasteiger partial charge >= 0.3 is 0 Å². The first-order chi connectivity index (χ1) is 14.7. The molecule has 0 amide bonds. The van der Waals surface area contributed by atoms with Gasteiger partial charge in [0.1, 0.15) is 0 Å². The average Bonchev–Trinajstić information content (AvgIpc) is 2.83. The smallest absolute Gasteiger partial charge is 0.244 e. The molecule has 4 heteroatoms. The highest BCUT2D eigenvalue weighted by atomic mass is 15.4. The molecule has 0 saturated heterocycles. The van der Waals surface area contributed by atoms with Gasteiger partial charge < -0.3 is 0 Å². The van der Waals surface area contributed by atoms with Gasteiger partial charge in [0.25, 0.3) is 0 Å². The summed E-state index contributed by atoms with van der Waals surface area (Å²) < 4.78 is 0. The zero-order chi connectivity index (χ0) is 20.8. The van der Waals surface area contributed by atoms with Crippen molar-refractivity contribution in [3.05, 3.63) is 102 Å². The summed E-state index contributed by atoms with van der Waals surface area (Å²) in [7, 11) is 0. The SMILES string of the molecule is CCc1ccc(/C(C)=N\Nc2nc(-c3ccccc3)cc(-c3ccccc3)n2)cc1. The van der Waals surface area contributed by atoms with E-state index in [1.165, 1.54) is 5.56 Å². The molecule has 0 atom stereocenters. The molecule has 0 saturated carbocycles. The molecule has 4 nitrogen and oxygen atoms in total. The second kappa shape index (κ2) is 9.14. The molecule has 0 unspecified atom stereocenters. The fraction of sp³-hybridized carbons (Fsp3) is 0.115. The maximum atomic E-state index is 4.69. The van der Waals surface area contributed by atoms with Gasteiger partial charge in [-0.15, -0.1) is 0 Å². The van der Waals surface area contributed by atoms with Gasteiger partial charge in [-0.3, -0.25) is 0 Å². The second-order valence-corrected chi connectivity index (χ2v) is 7.05. The van der Waals surface area contributed by atoms with Crippen LogP contribution in [-0.4, -0.2) is 15.7 Å². The summed E-state index contributed by atoms with van der Waals surface area (Å²) in [6.07, 6.45) is 1.02. The van der Waals surface area contributed by atoms with Gasteiger partial charge in [0.05, 0.1) is 17.1 Å². The third-order valence-corrected chi connectivity index (χ3v) is 4.97. The molecule has 4 aromatic rings. The number of nitrogens with zero attached hydrogens (tertiary/aromatic N) is 3. The maximum absolute atomic E-state index is 4.69. The Balaban J connectivity index is 1.68. The van der Waals surface area contributed by atoms with Crippen LogP contribution in [0.1, 0.15) is 25.0 Å². The summed E-state index contributed by atoms with van der Waals surface area (Å²) >= 11 is 0. The summed E-state index contributed by atoms with van der Waals surface area (Å²) in [5.41, 5.74) is 10.1. The summed E-state index contributed by atoms with van der Waals surface area (Å²) in [6.45, 7) is 4.13. The Kier molecular flexibility index (Phi) is 5.95. The first kappa shape index (κ1) is 19.5. The van der Waals surface area contributed by atoms with E-state index in [1.807, 2.05) is 73.7 Å². The Hall–Kier alpha value is -3.79. The number of aryl methyl sites for hydroxylation is 1. The molecule has 1 heterocycles. The number of anilines is 1. The summed E-state index contributed by atoms with van der Waals surface area (Å²) in [5, 5.41) is 4.53. The van der Waals surface area contributed by atoms with Crippen LogP contribution in [0.2, 0.25) is 0 Å². The minimum Gasteiger partial charge on any atom is -0.245 e. The minimum atomic E-state index is 0.472. The number of hydrogen-bond donors (Lipinski definition) is 1. The monoisotopic (exact) mass is 392 g/mol. The van der Waals surface area contributed by atoms with Crippen molar-refractivity contribution in [3.8, 4) is 22.5 Å². The van der Waals surface area contributed by atoms with Crippen molar-refractivity contribution >= 4 is 11.7 Å². The van der Waals surface area contributed by atoms with Crippen LogP contribution in [0.5, 0.6) is 0 Å². The van der Waals surface area contributed by atoms with Gasteiger partial charge in [-0.05, 0) is 30.5 Å². The summed E-state index contributed by atoms with van der Waals surface area (Å²) in [4.78, 5) is 9.39. The van der Waals surface area contributed by atoms with Crippen molar-refractivity contribution in [2.75, 3.05) is 5.43 Å². The third-order valence-electron chi connectivity index (χ3n) is 4.97. The Morgan fingerprint density at radius 1 is 0.767 bits per heavy atom. The van der Waals surface area contributed by atoms with E-state index >= 15 is 0 Å². The van der Waals surface area contributed by atoms with E-state index in [-0.39, 0.29) is 0 Å². The van der Waals surface area contributed by atoms with E-state index in [0.717, 1.165) is 40.2 Å². The van der Waals surface area contributed by atoms with E-state index in [9.17, 15) is 0 Å². The van der Waals surface area contributed by atoms with Crippen molar-refractivity contribution in [1.82, 2.24) is 9.97 Å². The highest BCUT2D eigenvalue weighted by Gasteiger charge is 2.08. The molecule has 4 rings (SSSR count). The van der Waals surface area contributed by atoms with Gasteiger partial charge in [-0.25, -0.2) is 15.4 Å². The van der Waals surface area contributed by atoms with Crippen molar-refractivity contribution in [2.45, 2.75) is 20.3 Å². The van der Waals surface area contributed by atoms with E-state index < -0.39 is 0 Å². The lowest BCUT2D eigenvalue weighted by Gasteiger charge is -2.09. The third kappa shape index (κ3) is 4.61. The Morgan fingerprint density at radius 3 is 1.80 bits per heavy atom. The lowest BCUT2D eigenvalue weighted by Crippen LogP contribution is -2.04. The van der Waals surface area contributed by atoms with E-state index in [1.54, 1.807) is 0 Å². The molecule has 0 fully saturated rings. The largest absolute Gasteiger partial charge is 0.245 e. The topological polar surface area (TPSA) is 50.2 Å². The lowest BCUT2D eigenvalue weighted by molar-refractivity contribution is 1.12. The Morgan fingerprint density at radius 2 is 1.30 bits per heavy atom. The molecule has 148 valence electrons. The highest BCUT2D eigenvalue weighted by Crippen LogP contribution is 2.25. The first-order valence-electron chi connectivity index (χ1n) is 10.1. The number of hydrazone groups is 1. The van der Waals surface area contributed by atoms with Crippen LogP contribution in [-0.2, 0) is 6.42 Å². The predicted octanol–water partition coefficient (Wildman–Crippen LogP) is 6.21. The van der Waals surface area contributed by atoms with E-state index in [0.29, 0.717) is 5.95 Å². The van der Waals surface area contributed by atoms with Gasteiger partial charge in [0.15, 0.2) is 0 Å². The molecule has 1 N–H and O–H groups in total. The van der Waals surface area contributed by atoms with Crippen molar-refractivity contribution in [1.29, 1.82) is 0 Å². The number of nitrogens with one attached hydrogen (secondary N) is 1. The molecule has 0 spiro atoms. The number of benzene rings is 3. The number of rotatable bonds is 6. The second-order valence-electron chi connectivity index (χ2n) is 7.05. The fourth-order valence-electron chi connectivity index (χ4n) is 3.19. The maximum Gasteiger partial charge on any atom is 0.244 e. The van der Waals surface area contributed by atoms with Crippen molar-refractivity contribution in [3.63, 3.8) is 0 Å². The van der Waals surface area contributed by atoms with Crippen LogP contribution in [0.25, 0.3) is 22.5 Å². The number of hydrogen-bond acceptors (Lipinski definition) is 4. The van der Waals surface area contributed by atoms with Crippen molar-refractivity contribution < 1.29 is 0 Å². The van der Waals surface area contributed by atoms with Crippen LogP contribution in [0.4, 0.5) is 5.95 Å². The molecular formula is C26H24N4. The highest BCUT2D eigenvalue weighted by molar-refractivity contribution is 5.99. The quantitative estimate of drug-likeness (QED) is 0.313. The minimum absolute atomic E-state index is 0.472. The van der Waals surface area contributed by atoms with Gasteiger partial charge in [0, 0.05) is 11.1 Å². The lowest BCUT2D eigenvalue weighted by atomic mass is 10.1. The molecule has 30 heavy (non-hydrogen) atoms. The Bertz CT molecular complexity index is 1080. The predicted molar refractivity (Wildman–Crippen MR) is 125 cm³/mol. The van der Waals surface area contributed by atoms with E-state index in [2.05, 4.69) is 41.7 Å². The number of aromatic nitrogens is 2. The van der Waals surface area contributed by atoms with Crippen LogP contribution in [0.15, 0.2) is 96.1 Å².